The van der Waals surface area contributed by atoms with Crippen LogP contribution in [0.5, 0.6) is 0 Å². The fourth-order valence-corrected chi connectivity index (χ4v) is 2.98. The summed E-state index contributed by atoms with van der Waals surface area (Å²) >= 11 is 2.34. The molecule has 0 N–H and O–H groups in total. The number of nitriles is 1. The minimum absolute atomic E-state index is 0.381. The number of halogens is 1. The van der Waals surface area contributed by atoms with Crippen molar-refractivity contribution in [2.75, 3.05) is 0 Å². The van der Waals surface area contributed by atoms with Crippen LogP contribution in [0.1, 0.15) is 11.1 Å². The van der Waals surface area contributed by atoms with E-state index in [-0.39, 0.29) is 0 Å². The lowest BCUT2D eigenvalue weighted by atomic mass is 10.0. The molecule has 8 heteroatoms. The lowest BCUT2D eigenvalue weighted by Crippen LogP contribution is -1.92. The zero-order valence-corrected chi connectivity index (χ0v) is 14.6. The van der Waals surface area contributed by atoms with E-state index in [1.54, 1.807) is 12.2 Å². The zero-order chi connectivity index (χ0) is 15.5. The van der Waals surface area contributed by atoms with E-state index in [0.29, 0.717) is 15.5 Å². The van der Waals surface area contributed by atoms with Gasteiger partial charge in [0.2, 0.25) is 0 Å². The Morgan fingerprint density at radius 2 is 2.10 bits per heavy atom. The molecule has 1 aromatic rings. The number of hydrogen-bond acceptors (Lipinski definition) is 6. The second-order valence-corrected chi connectivity index (χ2v) is 9.23. The Labute approximate surface area is 139 Å². The van der Waals surface area contributed by atoms with E-state index >= 15 is 0 Å². The minimum Gasteiger partial charge on any atom is -0.260 e. The van der Waals surface area contributed by atoms with Gasteiger partial charge in [-0.15, -0.1) is 0 Å². The van der Waals surface area contributed by atoms with Crippen molar-refractivity contribution >= 4 is 50.9 Å². The predicted octanol–water partition coefficient (Wildman–Crippen LogP) is 3.54. The van der Waals surface area contributed by atoms with Crippen LogP contribution in [0.25, 0.3) is 5.57 Å². The molecule has 2 rings (SSSR count). The van der Waals surface area contributed by atoms with Crippen molar-refractivity contribution in [3.63, 3.8) is 0 Å². The highest BCUT2D eigenvalue weighted by atomic mass is 127. The highest BCUT2D eigenvalue weighted by Gasteiger charge is 2.17. The van der Waals surface area contributed by atoms with Crippen LogP contribution >= 0.6 is 33.0 Å². The van der Waals surface area contributed by atoms with Gasteiger partial charge in [-0.05, 0) is 30.2 Å². The van der Waals surface area contributed by atoms with Crippen molar-refractivity contribution in [2.45, 2.75) is 6.92 Å². The second kappa shape index (κ2) is 6.64. The van der Waals surface area contributed by atoms with Gasteiger partial charge in [0.25, 0.3) is 0 Å². The van der Waals surface area contributed by atoms with E-state index in [4.69, 9.17) is 0 Å². The summed E-state index contributed by atoms with van der Waals surface area (Å²) in [5.74, 6) is 0. The van der Waals surface area contributed by atoms with Gasteiger partial charge in [-0.2, -0.15) is 13.7 Å². The minimum atomic E-state index is -3.66. The average Bonchev–Trinajstić information content (AvgIpc) is 2.87. The summed E-state index contributed by atoms with van der Waals surface area (Å²) in [4.78, 5) is 0.708. The van der Waals surface area contributed by atoms with Crippen molar-refractivity contribution in [2.24, 2.45) is 5.16 Å². The van der Waals surface area contributed by atoms with E-state index in [2.05, 4.69) is 15.5 Å². The molecule has 0 amide bonds. The summed E-state index contributed by atoms with van der Waals surface area (Å²) < 4.78 is 26.1. The highest BCUT2D eigenvalue weighted by molar-refractivity contribution is 14.2. The summed E-state index contributed by atoms with van der Waals surface area (Å²) in [6.07, 6.45) is 3.33. The van der Waals surface area contributed by atoms with Gasteiger partial charge in [0.15, 0.2) is 0 Å². The van der Waals surface area contributed by atoms with E-state index < -0.39 is 7.29 Å². The van der Waals surface area contributed by atoms with Gasteiger partial charge >= 0.3 is 7.29 Å². The van der Waals surface area contributed by atoms with E-state index in [1.807, 2.05) is 31.2 Å². The van der Waals surface area contributed by atoms with Crippen LogP contribution in [-0.4, -0.2) is 13.5 Å². The number of nitrogens with zero attached hydrogens (tertiary/aromatic N) is 2. The molecule has 0 spiro atoms. The molecule has 0 saturated carbocycles. The molecule has 0 radical (unpaired) electrons. The number of aryl methyl sites for hydroxylation is 1. The van der Waals surface area contributed by atoms with Crippen LogP contribution < -0.4 is 0 Å². The summed E-state index contributed by atoms with van der Waals surface area (Å²) in [5, 5.41) is 13.3. The zero-order valence-electron chi connectivity index (χ0n) is 10.8. The number of benzene rings is 1. The molecule has 0 aliphatic carbocycles. The van der Waals surface area contributed by atoms with Crippen LogP contribution in [0.15, 0.2) is 46.5 Å². The number of oxime groups is 1. The lowest BCUT2D eigenvalue weighted by Gasteiger charge is -2.05. The average molecular weight is 432 g/mol. The molecular weight excluding hydrogens is 423 g/mol. The maximum absolute atomic E-state index is 10.9. The van der Waals surface area contributed by atoms with E-state index in [1.165, 1.54) is 11.8 Å². The van der Waals surface area contributed by atoms with Crippen molar-refractivity contribution in [3.8, 4) is 6.07 Å². The van der Waals surface area contributed by atoms with Gasteiger partial charge in [0.1, 0.15) is 32.3 Å². The van der Waals surface area contributed by atoms with Gasteiger partial charge in [-0.3, -0.25) is 4.28 Å². The molecule has 1 aliphatic heterocycles. The van der Waals surface area contributed by atoms with Gasteiger partial charge in [0.05, 0.1) is 5.57 Å². The Morgan fingerprint density at radius 1 is 1.38 bits per heavy atom. The molecule has 21 heavy (non-hydrogen) atoms. The largest absolute Gasteiger partial charge is 0.383 e. The van der Waals surface area contributed by atoms with Crippen molar-refractivity contribution in [1.29, 1.82) is 5.26 Å². The Hall–Kier alpha value is -1.31. The predicted molar refractivity (Wildman–Crippen MR) is 91.9 cm³/mol. The topological polar surface area (TPSA) is 79.5 Å². The van der Waals surface area contributed by atoms with E-state index in [9.17, 15) is 13.7 Å². The summed E-state index contributed by atoms with van der Waals surface area (Å²) in [6, 6.07) is 9.76. The Morgan fingerprint density at radius 3 is 2.71 bits per heavy atom. The highest BCUT2D eigenvalue weighted by Crippen LogP contribution is 2.34. The fraction of sp³-hybridized carbons (Fsp3) is 0.0769. The Bertz CT molecular complexity index is 805. The quantitative estimate of drug-likeness (QED) is 0.316. The monoisotopic (exact) mass is 432 g/mol. The first kappa shape index (κ1) is 16.1. The standard InChI is InChI=1S/C13H9IN2O3S2/c1-9-4-2-3-5-10(9)11(8-15)12-6-7-13(20-12)16-19-21(14,17)18/h2-7H,1H3/b12-11-,16-13?. The molecule has 1 aliphatic rings. The molecular formula is C13H9IN2O3S2. The van der Waals surface area contributed by atoms with Gasteiger partial charge in [-0.1, -0.05) is 41.2 Å². The SMILES string of the molecule is Cc1ccccc1/C(C#N)=C1/C=CC(=NOS(=O)(=O)I)S1. The Kier molecular flexibility index (Phi) is 5.08. The molecule has 0 fully saturated rings. The molecule has 0 unspecified atom stereocenters. The molecule has 1 heterocycles. The summed E-state index contributed by atoms with van der Waals surface area (Å²) in [5.41, 5.74) is 2.36. The number of hydrogen-bond donors (Lipinski definition) is 0. The first-order chi connectivity index (χ1) is 9.90. The third kappa shape index (κ3) is 4.33. The molecule has 5 nitrogen and oxygen atoms in total. The molecule has 0 aromatic heterocycles. The van der Waals surface area contributed by atoms with Crippen LogP contribution in [0.4, 0.5) is 0 Å². The van der Waals surface area contributed by atoms with Crippen LogP contribution in [0, 0.1) is 18.3 Å². The normalized spacial score (nSPS) is 18.6. The van der Waals surface area contributed by atoms with Crippen molar-refractivity contribution in [1.82, 2.24) is 0 Å². The number of rotatable bonds is 3. The molecule has 0 bridgehead atoms. The first-order valence-corrected chi connectivity index (χ1v) is 10.4. The van der Waals surface area contributed by atoms with Gasteiger partial charge in [0, 0.05) is 4.91 Å². The third-order valence-electron chi connectivity index (χ3n) is 2.58. The third-order valence-corrected chi connectivity index (χ3v) is 4.30. The van der Waals surface area contributed by atoms with Crippen LogP contribution in [0.3, 0.4) is 0 Å². The smallest absolute Gasteiger partial charge is 0.260 e. The number of thioether (sulfide) groups is 1. The maximum Gasteiger partial charge on any atom is 0.383 e. The fourth-order valence-electron chi connectivity index (χ4n) is 1.69. The first-order valence-electron chi connectivity index (χ1n) is 5.68. The van der Waals surface area contributed by atoms with Crippen LogP contribution in [0.2, 0.25) is 0 Å². The molecule has 108 valence electrons. The van der Waals surface area contributed by atoms with Gasteiger partial charge < -0.3 is 0 Å². The molecule has 1 aromatic carbocycles. The molecule has 0 atom stereocenters. The summed E-state index contributed by atoms with van der Waals surface area (Å²) in [6.45, 7) is 1.93. The summed E-state index contributed by atoms with van der Waals surface area (Å²) in [7, 11) is -3.66. The lowest BCUT2D eigenvalue weighted by molar-refractivity contribution is 0.355. The Balaban J connectivity index is 2.32. The maximum atomic E-state index is 10.9. The second-order valence-electron chi connectivity index (χ2n) is 4.00. The van der Waals surface area contributed by atoms with Crippen molar-refractivity contribution < 1.29 is 12.7 Å². The number of allylic oxidation sites excluding steroid dienone is 2. The van der Waals surface area contributed by atoms with Crippen LogP contribution in [-0.2, 0) is 11.6 Å². The van der Waals surface area contributed by atoms with Crippen molar-refractivity contribution in [3.05, 3.63) is 52.4 Å². The van der Waals surface area contributed by atoms with Gasteiger partial charge in [-0.25, -0.2) is 0 Å². The molecule has 0 saturated heterocycles. The van der Waals surface area contributed by atoms with E-state index in [0.717, 1.165) is 32.3 Å².